The number of esters is 1. The second-order valence-corrected chi connectivity index (χ2v) is 7.58. The molecule has 0 unspecified atom stereocenters. The van der Waals surface area contributed by atoms with Gasteiger partial charge in [-0.2, -0.15) is 0 Å². The molecule has 0 amide bonds. The van der Waals surface area contributed by atoms with E-state index in [4.69, 9.17) is 28.4 Å². The van der Waals surface area contributed by atoms with E-state index in [0.29, 0.717) is 45.4 Å². The number of para-hydroxylation sites is 1. The topological polar surface area (TPSA) is 89.5 Å². The summed E-state index contributed by atoms with van der Waals surface area (Å²) in [5.41, 5.74) is 1.77. The molecule has 0 bridgehead atoms. The largest absolute Gasteiger partial charge is 0.497 e. The van der Waals surface area contributed by atoms with Crippen molar-refractivity contribution in [1.29, 1.82) is 0 Å². The van der Waals surface area contributed by atoms with Crippen molar-refractivity contribution in [1.82, 2.24) is 0 Å². The Bertz CT molecular complexity index is 1320. The highest BCUT2D eigenvalue weighted by Gasteiger charge is 2.31. The van der Waals surface area contributed by atoms with Gasteiger partial charge in [0.15, 0.2) is 17.3 Å². The molecule has 0 radical (unpaired) electrons. The van der Waals surface area contributed by atoms with E-state index in [2.05, 4.69) is 0 Å². The van der Waals surface area contributed by atoms with Gasteiger partial charge in [0.25, 0.3) is 0 Å². The fourth-order valence-corrected chi connectivity index (χ4v) is 3.73. The van der Waals surface area contributed by atoms with E-state index in [0.717, 1.165) is 0 Å². The van der Waals surface area contributed by atoms with Crippen LogP contribution in [0.5, 0.6) is 34.5 Å². The van der Waals surface area contributed by atoms with E-state index in [1.54, 1.807) is 61.5 Å². The maximum absolute atomic E-state index is 13.0. The van der Waals surface area contributed by atoms with Crippen LogP contribution >= 0.6 is 0 Å². The van der Waals surface area contributed by atoms with E-state index >= 15 is 0 Å². The Morgan fingerprint density at radius 1 is 0.857 bits per heavy atom. The minimum Gasteiger partial charge on any atom is -0.497 e. The molecule has 0 spiro atoms. The van der Waals surface area contributed by atoms with E-state index in [9.17, 15) is 9.59 Å². The number of hydrogen-bond acceptors (Lipinski definition) is 8. The average molecular weight is 476 g/mol. The summed E-state index contributed by atoms with van der Waals surface area (Å²) >= 11 is 0. The monoisotopic (exact) mass is 476 g/mol. The summed E-state index contributed by atoms with van der Waals surface area (Å²) in [4.78, 5) is 25.8. The van der Waals surface area contributed by atoms with Crippen molar-refractivity contribution < 1.29 is 38.0 Å². The normalized spacial score (nSPS) is 13.2. The van der Waals surface area contributed by atoms with Gasteiger partial charge in [-0.3, -0.25) is 4.79 Å². The second-order valence-electron chi connectivity index (χ2n) is 7.58. The zero-order valence-corrected chi connectivity index (χ0v) is 20.0. The number of fused-ring (bicyclic) bond motifs is 1. The summed E-state index contributed by atoms with van der Waals surface area (Å²) in [6, 6.07) is 13.2. The second kappa shape index (κ2) is 9.80. The number of benzene rings is 3. The molecule has 3 aromatic carbocycles. The fraction of sp³-hybridized carbons (Fsp3) is 0.185. The third-order valence-electron chi connectivity index (χ3n) is 5.55. The number of rotatable bonds is 7. The molecule has 35 heavy (non-hydrogen) atoms. The third kappa shape index (κ3) is 4.50. The number of allylic oxidation sites excluding steroid dienone is 1. The Hall–Kier alpha value is -4.46. The molecule has 8 nitrogen and oxygen atoms in total. The van der Waals surface area contributed by atoms with E-state index < -0.39 is 5.97 Å². The predicted octanol–water partition coefficient (Wildman–Crippen LogP) is 4.86. The molecule has 0 fully saturated rings. The molecular weight excluding hydrogens is 452 g/mol. The van der Waals surface area contributed by atoms with E-state index in [1.165, 1.54) is 28.4 Å². The van der Waals surface area contributed by atoms with Gasteiger partial charge in [-0.05, 0) is 43.3 Å². The highest BCUT2D eigenvalue weighted by atomic mass is 16.5. The molecule has 1 aliphatic rings. The van der Waals surface area contributed by atoms with Gasteiger partial charge in [0.2, 0.25) is 5.78 Å². The molecule has 1 heterocycles. The number of carbonyl (C=O) groups excluding carboxylic acids is 2. The van der Waals surface area contributed by atoms with Crippen LogP contribution in [0.25, 0.3) is 6.08 Å². The lowest BCUT2D eigenvalue weighted by molar-refractivity contribution is 0.0732. The molecule has 4 rings (SSSR count). The highest BCUT2D eigenvalue weighted by Crippen LogP contribution is 2.41. The van der Waals surface area contributed by atoms with E-state index in [-0.39, 0.29) is 22.9 Å². The van der Waals surface area contributed by atoms with Crippen molar-refractivity contribution in [3.63, 3.8) is 0 Å². The van der Waals surface area contributed by atoms with Crippen molar-refractivity contribution in [2.45, 2.75) is 6.92 Å². The van der Waals surface area contributed by atoms with Gasteiger partial charge in [-0.1, -0.05) is 12.1 Å². The minimum atomic E-state index is -0.605. The smallest absolute Gasteiger partial charge is 0.343 e. The van der Waals surface area contributed by atoms with Crippen molar-refractivity contribution in [2.75, 3.05) is 28.4 Å². The predicted molar refractivity (Wildman–Crippen MR) is 128 cm³/mol. The molecule has 0 aromatic heterocycles. The van der Waals surface area contributed by atoms with Gasteiger partial charge in [-0.15, -0.1) is 0 Å². The first kappa shape index (κ1) is 23.7. The maximum Gasteiger partial charge on any atom is 0.343 e. The van der Waals surface area contributed by atoms with Crippen LogP contribution < -0.4 is 28.4 Å². The van der Waals surface area contributed by atoms with Crippen molar-refractivity contribution in [3.05, 3.63) is 76.5 Å². The molecule has 0 atom stereocenters. The summed E-state index contributed by atoms with van der Waals surface area (Å²) in [7, 11) is 6.05. The third-order valence-corrected chi connectivity index (χ3v) is 5.55. The number of ketones is 1. The zero-order valence-electron chi connectivity index (χ0n) is 20.0. The van der Waals surface area contributed by atoms with Crippen LogP contribution in [-0.4, -0.2) is 40.2 Å². The summed E-state index contributed by atoms with van der Waals surface area (Å²) in [6.07, 6.45) is 1.59. The van der Waals surface area contributed by atoms with Crippen LogP contribution in [0.2, 0.25) is 0 Å². The Morgan fingerprint density at radius 3 is 2.20 bits per heavy atom. The summed E-state index contributed by atoms with van der Waals surface area (Å²) in [5, 5.41) is 0. The van der Waals surface area contributed by atoms with Gasteiger partial charge < -0.3 is 28.4 Å². The first-order valence-corrected chi connectivity index (χ1v) is 10.6. The first-order chi connectivity index (χ1) is 16.9. The van der Waals surface area contributed by atoms with E-state index in [1.807, 2.05) is 0 Å². The van der Waals surface area contributed by atoms with Gasteiger partial charge in [-0.25, -0.2) is 4.79 Å². The van der Waals surface area contributed by atoms with Crippen LogP contribution in [0.15, 0.2) is 54.3 Å². The summed E-state index contributed by atoms with van der Waals surface area (Å²) < 4.78 is 32.7. The molecule has 1 aliphatic heterocycles. The van der Waals surface area contributed by atoms with Crippen LogP contribution in [0.1, 0.15) is 31.8 Å². The standard InChI is InChI=1S/C27H24O8/c1-15-21(35-27(29)17-11-18(30-2)14-19(12-17)31-3)10-9-20-24(28)23(34-25(15)20)13-16-7-6-8-22(32-4)26(16)33-5/h6-14H,1-5H3/b23-13-. The van der Waals surface area contributed by atoms with Gasteiger partial charge >= 0.3 is 5.97 Å². The number of carbonyl (C=O) groups is 2. The van der Waals surface area contributed by atoms with Crippen molar-refractivity contribution in [3.8, 4) is 34.5 Å². The molecule has 0 saturated carbocycles. The highest BCUT2D eigenvalue weighted by molar-refractivity contribution is 6.15. The Balaban J connectivity index is 1.63. The maximum atomic E-state index is 13.0. The summed E-state index contributed by atoms with van der Waals surface area (Å²) in [5.74, 6) is 1.75. The molecule has 0 aliphatic carbocycles. The molecular formula is C27H24O8. The summed E-state index contributed by atoms with van der Waals surface area (Å²) in [6.45, 7) is 1.72. The zero-order chi connectivity index (χ0) is 25.1. The quantitative estimate of drug-likeness (QED) is 0.271. The van der Waals surface area contributed by atoms with Gasteiger partial charge in [0.1, 0.15) is 23.0 Å². The Labute approximate surface area is 202 Å². The number of methoxy groups -OCH3 is 4. The number of ether oxygens (including phenoxy) is 6. The number of hydrogen-bond donors (Lipinski definition) is 0. The van der Waals surface area contributed by atoms with Crippen molar-refractivity contribution >= 4 is 17.8 Å². The lowest BCUT2D eigenvalue weighted by Crippen LogP contribution is -2.10. The van der Waals surface area contributed by atoms with Crippen molar-refractivity contribution in [2.24, 2.45) is 0 Å². The molecule has 0 saturated heterocycles. The molecule has 8 heteroatoms. The molecule has 0 N–H and O–H groups in total. The van der Waals surface area contributed by atoms with Crippen LogP contribution in [-0.2, 0) is 0 Å². The molecule has 180 valence electrons. The minimum absolute atomic E-state index is 0.121. The lowest BCUT2D eigenvalue weighted by atomic mass is 10.1. The lowest BCUT2D eigenvalue weighted by Gasteiger charge is -2.12. The van der Waals surface area contributed by atoms with Gasteiger partial charge in [0, 0.05) is 17.2 Å². The fourth-order valence-electron chi connectivity index (χ4n) is 3.73. The number of Topliss-reactive ketones (excluding diaryl/α,β-unsaturated/α-hetero) is 1. The van der Waals surface area contributed by atoms with Crippen LogP contribution in [0, 0.1) is 6.92 Å². The Kier molecular flexibility index (Phi) is 6.64. The Morgan fingerprint density at radius 2 is 1.57 bits per heavy atom. The van der Waals surface area contributed by atoms with Crippen LogP contribution in [0.3, 0.4) is 0 Å². The first-order valence-electron chi connectivity index (χ1n) is 10.6. The van der Waals surface area contributed by atoms with Gasteiger partial charge in [0.05, 0.1) is 39.6 Å². The SMILES string of the molecule is COc1cc(OC)cc(C(=O)Oc2ccc3c(c2C)O/C(=C\c2cccc(OC)c2OC)C3=O)c1. The molecule has 3 aromatic rings. The average Bonchev–Trinajstić information content (AvgIpc) is 3.20. The van der Waals surface area contributed by atoms with Crippen LogP contribution in [0.4, 0.5) is 0 Å².